The molecule has 0 aliphatic rings. The second-order valence-corrected chi connectivity index (χ2v) is 1.84. The minimum Gasteiger partial charge on any atom is -0.115 e. The van der Waals surface area contributed by atoms with Gasteiger partial charge in [-0.3, -0.25) is 0 Å². The number of hydrogen-bond donors (Lipinski definition) is 0. The van der Waals surface area contributed by atoms with Crippen LogP contribution in [-0.4, -0.2) is 0 Å². The molecule has 0 aliphatic heterocycles. The summed E-state index contributed by atoms with van der Waals surface area (Å²) in [6, 6.07) is 0. The second kappa shape index (κ2) is 5.18. The number of allylic oxidation sites excluding steroid dienone is 3. The molecule has 0 spiro atoms. The van der Waals surface area contributed by atoms with Gasteiger partial charge in [-0.15, -0.1) is 6.42 Å². The van der Waals surface area contributed by atoms with Gasteiger partial charge in [0.05, 0.1) is 0 Å². The molecule has 0 bridgehead atoms. The van der Waals surface area contributed by atoms with Gasteiger partial charge in [0, 0.05) is 0 Å². The van der Waals surface area contributed by atoms with Gasteiger partial charge in [0.2, 0.25) is 0 Å². The molecule has 0 aromatic rings. The smallest absolute Gasteiger partial charge is 0.00897 e. The lowest BCUT2D eigenvalue weighted by molar-refractivity contribution is 0.928. The highest BCUT2D eigenvalue weighted by Crippen LogP contribution is 2.03. The van der Waals surface area contributed by atoms with Gasteiger partial charge in [-0.1, -0.05) is 31.9 Å². The van der Waals surface area contributed by atoms with E-state index in [2.05, 4.69) is 19.4 Å². The summed E-state index contributed by atoms with van der Waals surface area (Å²) < 4.78 is 0. The van der Waals surface area contributed by atoms with Crippen molar-refractivity contribution in [3.05, 3.63) is 24.3 Å². The van der Waals surface area contributed by atoms with Crippen LogP contribution in [0.2, 0.25) is 0 Å². The van der Waals surface area contributed by atoms with E-state index in [4.69, 9.17) is 6.42 Å². The number of terminal acetylenes is 1. The first-order valence-electron chi connectivity index (χ1n) is 3.12. The molecule has 0 atom stereocenters. The van der Waals surface area contributed by atoms with Gasteiger partial charge in [0.15, 0.2) is 0 Å². The molecule has 9 heavy (non-hydrogen) atoms. The summed E-state index contributed by atoms with van der Waals surface area (Å²) >= 11 is 0. The van der Waals surface area contributed by atoms with E-state index in [9.17, 15) is 0 Å². The van der Waals surface area contributed by atoms with Crippen molar-refractivity contribution in [1.82, 2.24) is 0 Å². The van der Waals surface area contributed by atoms with Crippen molar-refractivity contribution in [3.63, 3.8) is 0 Å². The fraction of sp³-hybridized carbons (Fsp3) is 0.333. The van der Waals surface area contributed by atoms with Crippen molar-refractivity contribution >= 4 is 0 Å². The van der Waals surface area contributed by atoms with E-state index in [0.29, 0.717) is 0 Å². The van der Waals surface area contributed by atoms with Gasteiger partial charge in [-0.2, -0.15) is 0 Å². The molecule has 0 amide bonds. The Kier molecular flexibility index (Phi) is 4.63. The first-order chi connectivity index (χ1) is 4.35. The normalized spacial score (nSPS) is 10.4. The molecule has 0 aromatic heterocycles. The predicted molar refractivity (Wildman–Crippen MR) is 42.0 cm³/mol. The van der Waals surface area contributed by atoms with E-state index < -0.39 is 0 Å². The molecule has 0 saturated carbocycles. The monoisotopic (exact) mass is 120 g/mol. The third-order valence-corrected chi connectivity index (χ3v) is 1.07. The van der Waals surface area contributed by atoms with Gasteiger partial charge in [-0.25, -0.2) is 0 Å². The fourth-order valence-corrected chi connectivity index (χ4v) is 0.629. The molecule has 0 N–H and O–H groups in total. The molecule has 0 saturated heterocycles. The third kappa shape index (κ3) is 3.61. The highest BCUT2D eigenvalue weighted by Gasteiger charge is 1.84. The molecule has 0 nitrogen and oxygen atoms in total. The predicted octanol–water partition coefficient (Wildman–Crippen LogP) is 2.53. The summed E-state index contributed by atoms with van der Waals surface area (Å²) in [5, 5.41) is 0. The maximum absolute atomic E-state index is 5.06. The van der Waals surface area contributed by atoms with Crippen molar-refractivity contribution in [1.29, 1.82) is 0 Å². The van der Waals surface area contributed by atoms with E-state index >= 15 is 0 Å². The Balaban J connectivity index is 3.85. The highest BCUT2D eigenvalue weighted by molar-refractivity contribution is 5.25. The Bertz CT molecular complexity index is 144. The number of hydrogen-bond acceptors (Lipinski definition) is 0. The van der Waals surface area contributed by atoms with E-state index in [-0.39, 0.29) is 0 Å². The Morgan fingerprint density at radius 2 is 2.44 bits per heavy atom. The van der Waals surface area contributed by atoms with Gasteiger partial charge in [0.25, 0.3) is 0 Å². The first-order valence-corrected chi connectivity index (χ1v) is 3.12. The molecular formula is C9H12. The van der Waals surface area contributed by atoms with E-state index in [1.165, 1.54) is 0 Å². The van der Waals surface area contributed by atoms with Crippen LogP contribution >= 0.6 is 0 Å². The van der Waals surface area contributed by atoms with Crippen molar-refractivity contribution < 1.29 is 0 Å². The first kappa shape index (κ1) is 8.04. The van der Waals surface area contributed by atoms with Gasteiger partial charge >= 0.3 is 0 Å². The Morgan fingerprint density at radius 1 is 1.78 bits per heavy atom. The van der Waals surface area contributed by atoms with Crippen LogP contribution in [0.3, 0.4) is 0 Å². The third-order valence-electron chi connectivity index (χ3n) is 1.07. The largest absolute Gasteiger partial charge is 0.115 e. The van der Waals surface area contributed by atoms with Gasteiger partial charge in [0.1, 0.15) is 0 Å². The van der Waals surface area contributed by atoms with Gasteiger partial charge in [-0.05, 0) is 18.1 Å². The Hall–Kier alpha value is -0.960. The Labute approximate surface area is 57.3 Å². The summed E-state index contributed by atoms with van der Waals surface area (Å²) in [5.74, 6) is 2.47. The lowest BCUT2D eigenvalue weighted by atomic mass is 10.1. The molecule has 0 rings (SSSR count). The molecule has 48 valence electrons. The Morgan fingerprint density at radius 3 is 2.78 bits per heavy atom. The number of rotatable bonds is 3. The lowest BCUT2D eigenvalue weighted by Gasteiger charge is -1.92. The van der Waals surface area contributed by atoms with Crippen LogP contribution in [0.4, 0.5) is 0 Å². The molecule has 0 heterocycles. The molecule has 0 aliphatic carbocycles. The van der Waals surface area contributed by atoms with Crippen molar-refractivity contribution in [2.24, 2.45) is 0 Å². The summed E-state index contributed by atoms with van der Waals surface area (Å²) in [5.41, 5.74) is 1.15. The molecule has 0 fully saturated rings. The maximum atomic E-state index is 5.06. The second-order valence-electron chi connectivity index (χ2n) is 1.84. The van der Waals surface area contributed by atoms with Gasteiger partial charge < -0.3 is 0 Å². The molecule has 0 radical (unpaired) electrons. The highest BCUT2D eigenvalue weighted by atomic mass is 13.9. The average Bonchev–Trinajstić information content (AvgIpc) is 1.88. The molecule has 0 unspecified atom stereocenters. The summed E-state index contributed by atoms with van der Waals surface area (Å²) in [4.78, 5) is 0. The summed E-state index contributed by atoms with van der Waals surface area (Å²) in [6.07, 6.45) is 10.8. The topological polar surface area (TPSA) is 0 Å². The van der Waals surface area contributed by atoms with Crippen LogP contribution in [0.1, 0.15) is 19.8 Å². The SMILES string of the molecule is C#C/C=C(\C=C)CCC. The van der Waals surface area contributed by atoms with E-state index in [1.807, 2.05) is 6.08 Å². The van der Waals surface area contributed by atoms with E-state index in [1.54, 1.807) is 6.08 Å². The zero-order valence-electron chi connectivity index (χ0n) is 5.85. The summed E-state index contributed by atoms with van der Waals surface area (Å²) in [6.45, 7) is 5.75. The van der Waals surface area contributed by atoms with Crippen molar-refractivity contribution in [2.45, 2.75) is 19.8 Å². The molecule has 0 aromatic carbocycles. The lowest BCUT2D eigenvalue weighted by Crippen LogP contribution is -1.74. The zero-order chi connectivity index (χ0) is 7.11. The van der Waals surface area contributed by atoms with E-state index in [0.717, 1.165) is 18.4 Å². The minimum atomic E-state index is 1.04. The van der Waals surface area contributed by atoms with Crippen LogP contribution in [0.15, 0.2) is 24.3 Å². The van der Waals surface area contributed by atoms with Crippen molar-refractivity contribution in [3.8, 4) is 12.3 Å². The molecular weight excluding hydrogens is 108 g/mol. The fourth-order valence-electron chi connectivity index (χ4n) is 0.629. The summed E-state index contributed by atoms with van der Waals surface area (Å²) in [7, 11) is 0. The van der Waals surface area contributed by atoms with Crippen LogP contribution in [0.5, 0.6) is 0 Å². The van der Waals surface area contributed by atoms with Crippen LogP contribution in [0.25, 0.3) is 0 Å². The quantitative estimate of drug-likeness (QED) is 0.396. The minimum absolute atomic E-state index is 1.04. The molecule has 0 heteroatoms. The standard InChI is InChI=1S/C9H12/c1-4-7-9(6-3)8-5-2/h1,6-7H,3,5,8H2,2H3/b9-7+. The van der Waals surface area contributed by atoms with Crippen molar-refractivity contribution in [2.75, 3.05) is 0 Å². The zero-order valence-corrected chi connectivity index (χ0v) is 5.85. The van der Waals surface area contributed by atoms with Crippen LogP contribution in [0, 0.1) is 12.3 Å². The average molecular weight is 120 g/mol. The maximum Gasteiger partial charge on any atom is -0.00897 e. The van der Waals surface area contributed by atoms with Crippen LogP contribution in [-0.2, 0) is 0 Å². The van der Waals surface area contributed by atoms with Crippen LogP contribution < -0.4 is 0 Å².